The van der Waals surface area contributed by atoms with Gasteiger partial charge < -0.3 is 5.32 Å². The number of thiazole rings is 1. The number of amides is 1. The molecule has 0 saturated heterocycles. The summed E-state index contributed by atoms with van der Waals surface area (Å²) in [5.74, 6) is -0.159. The Hall–Kier alpha value is -2.70. The fraction of sp³-hybridized carbons (Fsp3) is 0.105. The first-order valence-corrected chi connectivity index (χ1v) is 9.22. The third-order valence-electron chi connectivity index (χ3n) is 3.87. The molecule has 0 unspecified atom stereocenters. The number of hydrogen-bond acceptors (Lipinski definition) is 4. The lowest BCUT2D eigenvalue weighted by molar-refractivity contribution is -0.116. The Bertz CT molecular complexity index is 1080. The number of rotatable bonds is 4. The highest BCUT2D eigenvalue weighted by Crippen LogP contribution is 2.31. The third-order valence-corrected chi connectivity index (χ3v) is 5.13. The van der Waals surface area contributed by atoms with Crippen LogP contribution in [-0.4, -0.2) is 20.7 Å². The second kappa shape index (κ2) is 6.90. The average Bonchev–Trinajstić information content (AvgIpc) is 3.21. The molecule has 5 nitrogen and oxygen atoms in total. The Labute approximate surface area is 159 Å². The van der Waals surface area contributed by atoms with Crippen molar-refractivity contribution in [1.29, 1.82) is 0 Å². The predicted molar refractivity (Wildman–Crippen MR) is 106 cm³/mol. The number of aromatic nitrogens is 3. The van der Waals surface area contributed by atoms with Gasteiger partial charge in [-0.05, 0) is 48.9 Å². The number of nitrogens with one attached hydrogen (secondary N) is 1. The monoisotopic (exact) mass is 382 g/mol. The second-order valence-corrected chi connectivity index (χ2v) is 7.44. The van der Waals surface area contributed by atoms with Crippen molar-refractivity contribution >= 4 is 44.7 Å². The van der Waals surface area contributed by atoms with E-state index in [0.29, 0.717) is 5.02 Å². The zero-order valence-electron chi connectivity index (χ0n) is 13.9. The van der Waals surface area contributed by atoms with Crippen LogP contribution in [0.25, 0.3) is 20.8 Å². The van der Waals surface area contributed by atoms with Crippen molar-refractivity contribution < 1.29 is 4.79 Å². The first-order chi connectivity index (χ1) is 12.6. The number of anilines is 1. The van der Waals surface area contributed by atoms with Crippen LogP contribution in [-0.2, 0) is 11.3 Å². The van der Waals surface area contributed by atoms with E-state index in [2.05, 4.69) is 34.5 Å². The average molecular weight is 383 g/mol. The minimum Gasteiger partial charge on any atom is -0.324 e. The second-order valence-electron chi connectivity index (χ2n) is 5.97. The molecule has 0 fully saturated rings. The smallest absolute Gasteiger partial charge is 0.246 e. The van der Waals surface area contributed by atoms with Crippen LogP contribution in [0.1, 0.15) is 5.56 Å². The van der Waals surface area contributed by atoms with Gasteiger partial charge in [-0.25, -0.2) is 4.98 Å². The van der Waals surface area contributed by atoms with Gasteiger partial charge in [-0.15, -0.1) is 11.3 Å². The van der Waals surface area contributed by atoms with Crippen LogP contribution in [0, 0.1) is 6.92 Å². The van der Waals surface area contributed by atoms with E-state index in [1.807, 2.05) is 30.3 Å². The van der Waals surface area contributed by atoms with E-state index in [9.17, 15) is 4.79 Å². The van der Waals surface area contributed by atoms with Gasteiger partial charge in [0.05, 0.1) is 21.4 Å². The molecule has 0 aliphatic heterocycles. The largest absolute Gasteiger partial charge is 0.324 e. The molecule has 0 saturated carbocycles. The SMILES string of the molecule is Cc1ccc2nc(-c3ccc(NC(=O)Cn4cc(Cl)cn4)cc3)sc2c1. The van der Waals surface area contributed by atoms with Crippen molar-refractivity contribution in [2.45, 2.75) is 13.5 Å². The summed E-state index contributed by atoms with van der Waals surface area (Å²) in [4.78, 5) is 16.7. The molecule has 0 bridgehead atoms. The Morgan fingerprint density at radius 2 is 2.04 bits per heavy atom. The van der Waals surface area contributed by atoms with Gasteiger partial charge in [0.25, 0.3) is 0 Å². The summed E-state index contributed by atoms with van der Waals surface area (Å²) in [7, 11) is 0. The van der Waals surface area contributed by atoms with Gasteiger partial charge in [0.2, 0.25) is 5.91 Å². The lowest BCUT2D eigenvalue weighted by Crippen LogP contribution is -2.18. The van der Waals surface area contributed by atoms with Gasteiger partial charge in [-0.2, -0.15) is 5.10 Å². The number of halogens is 1. The van der Waals surface area contributed by atoms with Crippen LogP contribution in [0.5, 0.6) is 0 Å². The fourth-order valence-corrected chi connectivity index (χ4v) is 3.85. The van der Waals surface area contributed by atoms with Crippen molar-refractivity contribution in [1.82, 2.24) is 14.8 Å². The molecule has 0 aliphatic carbocycles. The summed E-state index contributed by atoms with van der Waals surface area (Å²) < 4.78 is 2.67. The number of benzene rings is 2. The van der Waals surface area contributed by atoms with Crippen LogP contribution < -0.4 is 5.32 Å². The van der Waals surface area contributed by atoms with E-state index in [-0.39, 0.29) is 12.5 Å². The van der Waals surface area contributed by atoms with Crippen molar-refractivity contribution in [2.75, 3.05) is 5.32 Å². The van der Waals surface area contributed by atoms with E-state index in [4.69, 9.17) is 11.6 Å². The highest BCUT2D eigenvalue weighted by atomic mass is 35.5. The van der Waals surface area contributed by atoms with Crippen molar-refractivity contribution in [3.05, 3.63) is 65.4 Å². The van der Waals surface area contributed by atoms with E-state index >= 15 is 0 Å². The number of aryl methyl sites for hydroxylation is 1. The summed E-state index contributed by atoms with van der Waals surface area (Å²) in [6.45, 7) is 2.19. The number of carbonyl (C=O) groups is 1. The predicted octanol–water partition coefficient (Wildman–Crippen LogP) is 4.76. The molecular weight excluding hydrogens is 368 g/mol. The standard InChI is InChI=1S/C19H15ClN4OS/c1-12-2-7-16-17(8-12)26-19(23-16)13-3-5-15(6-4-13)22-18(25)11-24-10-14(20)9-21-24/h2-10H,11H2,1H3,(H,22,25). The summed E-state index contributed by atoms with van der Waals surface area (Å²) >= 11 is 7.46. The summed E-state index contributed by atoms with van der Waals surface area (Å²) in [5.41, 5.74) is 3.99. The molecule has 2 aromatic carbocycles. The Balaban J connectivity index is 1.48. The Kier molecular flexibility index (Phi) is 4.44. The molecule has 2 aromatic heterocycles. The Morgan fingerprint density at radius 1 is 1.23 bits per heavy atom. The minimum absolute atomic E-state index is 0.117. The molecular formula is C19H15ClN4OS. The maximum atomic E-state index is 12.1. The maximum absolute atomic E-state index is 12.1. The summed E-state index contributed by atoms with van der Waals surface area (Å²) in [5, 5.41) is 8.32. The van der Waals surface area contributed by atoms with Crippen molar-refractivity contribution in [3.63, 3.8) is 0 Å². The van der Waals surface area contributed by atoms with Crippen LogP contribution in [0.2, 0.25) is 5.02 Å². The maximum Gasteiger partial charge on any atom is 0.246 e. The van der Waals surface area contributed by atoms with E-state index in [0.717, 1.165) is 21.8 Å². The molecule has 2 heterocycles. The van der Waals surface area contributed by atoms with Crippen molar-refractivity contribution in [3.8, 4) is 10.6 Å². The molecule has 130 valence electrons. The lowest BCUT2D eigenvalue weighted by Gasteiger charge is -2.06. The van der Waals surface area contributed by atoms with E-state index in [1.165, 1.54) is 21.1 Å². The molecule has 4 rings (SSSR count). The molecule has 1 N–H and O–H groups in total. The zero-order chi connectivity index (χ0) is 18.1. The molecule has 0 aliphatic rings. The third kappa shape index (κ3) is 3.61. The topological polar surface area (TPSA) is 59.8 Å². The summed E-state index contributed by atoms with van der Waals surface area (Å²) in [6.07, 6.45) is 3.11. The number of nitrogens with zero attached hydrogens (tertiary/aromatic N) is 3. The van der Waals surface area contributed by atoms with Crippen LogP contribution in [0.4, 0.5) is 5.69 Å². The molecule has 7 heteroatoms. The highest BCUT2D eigenvalue weighted by Gasteiger charge is 2.08. The van der Waals surface area contributed by atoms with Crippen LogP contribution >= 0.6 is 22.9 Å². The van der Waals surface area contributed by atoms with Gasteiger partial charge in [0, 0.05) is 17.4 Å². The normalized spacial score (nSPS) is 11.0. The van der Waals surface area contributed by atoms with Crippen molar-refractivity contribution in [2.24, 2.45) is 0 Å². The van der Waals surface area contributed by atoms with E-state index < -0.39 is 0 Å². The quantitative estimate of drug-likeness (QED) is 0.553. The van der Waals surface area contributed by atoms with Gasteiger partial charge in [-0.1, -0.05) is 17.7 Å². The van der Waals surface area contributed by atoms with Gasteiger partial charge in [0.1, 0.15) is 11.6 Å². The molecule has 26 heavy (non-hydrogen) atoms. The number of fused-ring (bicyclic) bond motifs is 1. The van der Waals surface area contributed by atoms with Gasteiger partial charge in [-0.3, -0.25) is 9.48 Å². The summed E-state index contributed by atoms with van der Waals surface area (Å²) in [6, 6.07) is 13.9. The number of carbonyl (C=O) groups excluding carboxylic acids is 1. The number of hydrogen-bond donors (Lipinski definition) is 1. The first kappa shape index (κ1) is 16.8. The highest BCUT2D eigenvalue weighted by molar-refractivity contribution is 7.21. The van der Waals surface area contributed by atoms with Gasteiger partial charge >= 0.3 is 0 Å². The molecule has 0 spiro atoms. The molecule has 4 aromatic rings. The molecule has 0 radical (unpaired) electrons. The fourth-order valence-electron chi connectivity index (χ4n) is 2.62. The van der Waals surface area contributed by atoms with Gasteiger partial charge in [0.15, 0.2) is 0 Å². The first-order valence-electron chi connectivity index (χ1n) is 8.02. The van der Waals surface area contributed by atoms with Crippen LogP contribution in [0.15, 0.2) is 54.9 Å². The lowest BCUT2D eigenvalue weighted by atomic mass is 10.2. The minimum atomic E-state index is -0.159. The zero-order valence-corrected chi connectivity index (χ0v) is 15.5. The molecule has 1 amide bonds. The van der Waals surface area contributed by atoms with Crippen LogP contribution in [0.3, 0.4) is 0 Å². The Morgan fingerprint density at radius 3 is 2.77 bits per heavy atom. The van der Waals surface area contributed by atoms with E-state index in [1.54, 1.807) is 17.5 Å². The molecule has 0 atom stereocenters.